The quantitative estimate of drug-likeness (QED) is 0.882. The molecule has 1 aromatic carbocycles. The van der Waals surface area contributed by atoms with Crippen molar-refractivity contribution in [2.45, 2.75) is 24.8 Å². The maximum atomic E-state index is 13.6. The van der Waals surface area contributed by atoms with Gasteiger partial charge in [0, 0.05) is 6.42 Å². The van der Waals surface area contributed by atoms with E-state index in [9.17, 15) is 12.8 Å². The van der Waals surface area contributed by atoms with Gasteiger partial charge in [-0.15, -0.1) is 0 Å². The maximum absolute atomic E-state index is 13.6. The van der Waals surface area contributed by atoms with E-state index in [1.54, 1.807) is 0 Å². The first-order valence-corrected chi connectivity index (χ1v) is 7.21. The fourth-order valence-electron chi connectivity index (χ4n) is 1.41. The molecule has 2 aromatic rings. The van der Waals surface area contributed by atoms with Crippen molar-refractivity contribution in [3.8, 4) is 5.75 Å². The zero-order chi connectivity index (χ0) is 14.8. The lowest BCUT2D eigenvalue weighted by Crippen LogP contribution is -2.12. The number of benzene rings is 1. The average Bonchev–Trinajstić information content (AvgIpc) is 2.84. The molecule has 1 aromatic heterocycles. The molecule has 0 saturated carbocycles. The fourth-order valence-corrected chi connectivity index (χ4v) is 1.93. The summed E-state index contributed by atoms with van der Waals surface area (Å²) in [6, 6.07) is 3.11. The smallest absolute Gasteiger partial charge is 0.264 e. The van der Waals surface area contributed by atoms with Crippen LogP contribution in [-0.4, -0.2) is 18.6 Å². The highest BCUT2D eigenvalue weighted by molar-refractivity contribution is 7.89. The molecular formula is C11H12FN3O4S. The number of halogens is 1. The van der Waals surface area contributed by atoms with Crippen molar-refractivity contribution in [3.63, 3.8) is 0 Å². The van der Waals surface area contributed by atoms with Gasteiger partial charge in [-0.25, -0.2) is 17.9 Å². The van der Waals surface area contributed by atoms with E-state index in [1.807, 2.05) is 6.92 Å². The standard InChI is InChI=1S/C11H12FN3O4S/c1-2-10-14-11(19-15-10)6-18-9-4-3-7(5-8(9)12)20(13,16)17/h3-5H,2,6H2,1H3,(H2,13,16,17). The van der Waals surface area contributed by atoms with E-state index in [1.165, 1.54) is 6.07 Å². The molecule has 0 atom stereocenters. The van der Waals surface area contributed by atoms with Crippen LogP contribution in [0, 0.1) is 5.82 Å². The fraction of sp³-hybridized carbons (Fsp3) is 0.273. The summed E-state index contributed by atoms with van der Waals surface area (Å²) in [5, 5.41) is 8.55. The molecule has 0 bridgehead atoms. The number of nitrogens with zero attached hydrogens (tertiary/aromatic N) is 2. The van der Waals surface area contributed by atoms with Crippen molar-refractivity contribution in [2.24, 2.45) is 5.14 Å². The van der Waals surface area contributed by atoms with Crippen LogP contribution in [0.4, 0.5) is 4.39 Å². The van der Waals surface area contributed by atoms with Gasteiger partial charge in [0.15, 0.2) is 24.0 Å². The summed E-state index contributed by atoms with van der Waals surface area (Å²) in [7, 11) is -3.95. The number of ether oxygens (including phenoxy) is 1. The third kappa shape index (κ3) is 3.31. The maximum Gasteiger partial charge on any atom is 0.264 e. The third-order valence-electron chi connectivity index (χ3n) is 2.41. The Morgan fingerprint density at radius 3 is 2.75 bits per heavy atom. The van der Waals surface area contributed by atoms with Crippen molar-refractivity contribution in [2.75, 3.05) is 0 Å². The minimum absolute atomic E-state index is 0.112. The van der Waals surface area contributed by atoms with Crippen LogP contribution in [0.5, 0.6) is 5.75 Å². The molecule has 0 amide bonds. The highest BCUT2D eigenvalue weighted by Crippen LogP contribution is 2.21. The van der Waals surface area contributed by atoms with Crippen LogP contribution < -0.4 is 9.88 Å². The zero-order valence-corrected chi connectivity index (χ0v) is 11.4. The van der Waals surface area contributed by atoms with Crippen molar-refractivity contribution < 1.29 is 22.1 Å². The normalized spacial score (nSPS) is 11.6. The van der Waals surface area contributed by atoms with Gasteiger partial charge in [-0.2, -0.15) is 4.98 Å². The number of primary sulfonamides is 1. The molecule has 9 heteroatoms. The highest BCUT2D eigenvalue weighted by Gasteiger charge is 2.13. The molecule has 0 fully saturated rings. The van der Waals surface area contributed by atoms with Crippen molar-refractivity contribution in [3.05, 3.63) is 35.7 Å². The lowest BCUT2D eigenvalue weighted by Gasteiger charge is -2.05. The summed E-state index contributed by atoms with van der Waals surface area (Å²) in [4.78, 5) is 3.66. The van der Waals surface area contributed by atoms with Crippen molar-refractivity contribution >= 4 is 10.0 Å². The molecule has 0 aliphatic rings. The highest BCUT2D eigenvalue weighted by atomic mass is 32.2. The summed E-state index contributed by atoms with van der Waals surface area (Å²) < 4.78 is 45.8. The number of hydrogen-bond donors (Lipinski definition) is 1. The number of aryl methyl sites for hydroxylation is 1. The van der Waals surface area contributed by atoms with Gasteiger partial charge in [0.25, 0.3) is 5.89 Å². The molecule has 20 heavy (non-hydrogen) atoms. The monoisotopic (exact) mass is 301 g/mol. The van der Waals surface area contributed by atoms with E-state index in [4.69, 9.17) is 14.4 Å². The summed E-state index contributed by atoms with van der Waals surface area (Å²) in [6.07, 6.45) is 0.612. The number of sulfonamides is 1. The van der Waals surface area contributed by atoms with Crippen LogP contribution in [0.2, 0.25) is 0 Å². The number of aromatic nitrogens is 2. The van der Waals surface area contributed by atoms with Crippen LogP contribution in [0.1, 0.15) is 18.6 Å². The summed E-state index contributed by atoms with van der Waals surface area (Å²) in [5.41, 5.74) is 0. The Balaban J connectivity index is 2.10. The minimum atomic E-state index is -3.95. The van der Waals surface area contributed by atoms with E-state index in [-0.39, 0.29) is 23.1 Å². The van der Waals surface area contributed by atoms with Crippen LogP contribution in [0.15, 0.2) is 27.6 Å². The predicted octanol–water partition coefficient (Wildman–Crippen LogP) is 0.998. The molecular weight excluding hydrogens is 289 g/mol. The van der Waals surface area contributed by atoms with Gasteiger partial charge in [0.1, 0.15) is 0 Å². The first kappa shape index (κ1) is 14.4. The Labute approximate surface area is 114 Å². The SMILES string of the molecule is CCc1noc(COc2ccc(S(N)(=O)=O)cc2F)n1. The van der Waals surface area contributed by atoms with Gasteiger partial charge in [-0.05, 0) is 18.2 Å². The molecule has 1 heterocycles. The number of nitrogens with two attached hydrogens (primary N) is 1. The van der Waals surface area contributed by atoms with Gasteiger partial charge in [0.05, 0.1) is 4.90 Å². The predicted molar refractivity (Wildman–Crippen MR) is 65.8 cm³/mol. The third-order valence-corrected chi connectivity index (χ3v) is 3.32. The summed E-state index contributed by atoms with van der Waals surface area (Å²) in [6.45, 7) is 1.75. The Morgan fingerprint density at radius 1 is 1.45 bits per heavy atom. The van der Waals surface area contributed by atoms with Crippen molar-refractivity contribution in [1.82, 2.24) is 10.1 Å². The minimum Gasteiger partial charge on any atom is -0.481 e. The molecule has 2 rings (SSSR count). The van der Waals surface area contributed by atoms with E-state index in [0.717, 1.165) is 12.1 Å². The molecule has 0 radical (unpaired) electrons. The van der Waals surface area contributed by atoms with E-state index >= 15 is 0 Å². The second-order valence-electron chi connectivity index (χ2n) is 3.88. The molecule has 0 saturated heterocycles. The summed E-state index contributed by atoms with van der Waals surface area (Å²) in [5.74, 6) is -0.245. The Kier molecular flexibility index (Phi) is 4.00. The lowest BCUT2D eigenvalue weighted by molar-refractivity contribution is 0.234. The van der Waals surface area contributed by atoms with Crippen LogP contribution in [0.25, 0.3) is 0 Å². The molecule has 0 aliphatic carbocycles. The Bertz CT molecular complexity index is 714. The van der Waals surface area contributed by atoms with E-state index < -0.39 is 15.8 Å². The molecule has 0 spiro atoms. The topological polar surface area (TPSA) is 108 Å². The molecule has 0 unspecified atom stereocenters. The second-order valence-corrected chi connectivity index (χ2v) is 5.45. The lowest BCUT2D eigenvalue weighted by atomic mass is 10.3. The largest absolute Gasteiger partial charge is 0.481 e. The summed E-state index contributed by atoms with van der Waals surface area (Å²) >= 11 is 0. The van der Waals surface area contributed by atoms with Gasteiger partial charge in [0.2, 0.25) is 10.0 Å². The number of hydrogen-bond acceptors (Lipinski definition) is 6. The Hall–Kier alpha value is -2.00. The Morgan fingerprint density at radius 2 is 2.20 bits per heavy atom. The van der Waals surface area contributed by atoms with Crippen LogP contribution in [-0.2, 0) is 23.1 Å². The van der Waals surface area contributed by atoms with E-state index in [0.29, 0.717) is 12.2 Å². The average molecular weight is 301 g/mol. The first-order chi connectivity index (χ1) is 9.40. The molecule has 2 N–H and O–H groups in total. The molecule has 0 aliphatic heterocycles. The molecule has 7 nitrogen and oxygen atoms in total. The van der Waals surface area contributed by atoms with Crippen LogP contribution >= 0.6 is 0 Å². The van der Waals surface area contributed by atoms with Crippen molar-refractivity contribution in [1.29, 1.82) is 0 Å². The zero-order valence-electron chi connectivity index (χ0n) is 10.5. The van der Waals surface area contributed by atoms with Gasteiger partial charge < -0.3 is 9.26 Å². The van der Waals surface area contributed by atoms with Gasteiger partial charge in [-0.1, -0.05) is 12.1 Å². The van der Waals surface area contributed by atoms with E-state index in [2.05, 4.69) is 10.1 Å². The van der Waals surface area contributed by atoms with Crippen LogP contribution in [0.3, 0.4) is 0 Å². The second kappa shape index (κ2) is 5.55. The molecule has 108 valence electrons. The van der Waals surface area contributed by atoms with Gasteiger partial charge >= 0.3 is 0 Å². The van der Waals surface area contributed by atoms with Gasteiger partial charge in [-0.3, -0.25) is 0 Å². The first-order valence-electron chi connectivity index (χ1n) is 5.66. The number of rotatable bonds is 5.